The van der Waals surface area contributed by atoms with Crippen molar-refractivity contribution >= 4 is 38.7 Å². The van der Waals surface area contributed by atoms with Crippen LogP contribution in [0, 0.1) is 0 Å². The molecule has 0 aliphatic carbocycles. The zero-order valence-corrected chi connectivity index (χ0v) is 20.7. The fourth-order valence-corrected chi connectivity index (χ4v) is 3.95. The van der Waals surface area contributed by atoms with Gasteiger partial charge in [-0.05, 0) is 59.7 Å². The molecule has 0 bridgehead atoms. The zero-order valence-electron chi connectivity index (χ0n) is 19.8. The first-order valence-electron chi connectivity index (χ1n) is 10.7. The van der Waals surface area contributed by atoms with Crippen molar-refractivity contribution in [3.05, 3.63) is 18.2 Å². The Morgan fingerprint density at radius 2 is 1.85 bits per heavy atom. The van der Waals surface area contributed by atoms with Gasteiger partial charge in [0.25, 0.3) is 0 Å². The number of nitrogens with two attached hydrogens (primary N) is 1. The molecule has 1 amide bonds. The first kappa shape index (κ1) is 25.0. The van der Waals surface area contributed by atoms with Crippen molar-refractivity contribution in [3.63, 3.8) is 0 Å². The number of fused-ring (bicyclic) bond motifs is 1. The summed E-state index contributed by atoms with van der Waals surface area (Å²) in [5, 5.41) is 4.11. The molecule has 1 aliphatic rings. The highest BCUT2D eigenvalue weighted by Crippen LogP contribution is 2.30. The molecule has 10 nitrogen and oxygen atoms in total. The van der Waals surface area contributed by atoms with Crippen molar-refractivity contribution in [2.75, 3.05) is 25.0 Å². The molecule has 11 heteroatoms. The number of amides is 1. The number of esters is 1. The second kappa shape index (κ2) is 9.70. The van der Waals surface area contributed by atoms with Gasteiger partial charge in [-0.25, -0.2) is 20.5 Å². The fourth-order valence-electron chi connectivity index (χ4n) is 2.98. The number of carbonyl (C=O) groups is 2. The third-order valence-corrected chi connectivity index (χ3v) is 5.41. The number of aromatic nitrogens is 1. The second-order valence-electron chi connectivity index (χ2n) is 9.84. The van der Waals surface area contributed by atoms with E-state index in [1.807, 2.05) is 32.9 Å². The van der Waals surface area contributed by atoms with Crippen molar-refractivity contribution in [1.82, 2.24) is 9.88 Å². The Hall–Kier alpha value is -2.63. The topological polar surface area (TPSA) is 125 Å². The third kappa shape index (κ3) is 7.18. The van der Waals surface area contributed by atoms with Crippen LogP contribution in [0.4, 0.5) is 9.93 Å². The number of likely N-dealkylation sites (tertiary alicyclic amines) is 1. The van der Waals surface area contributed by atoms with Crippen LogP contribution in [0.25, 0.3) is 10.2 Å². The minimum atomic E-state index is -1.04. The maximum Gasteiger partial charge on any atom is 0.410 e. The fraction of sp³-hybridized carbons (Fsp3) is 0.591. The molecule has 1 aliphatic heterocycles. The maximum atomic E-state index is 12.1. The molecular formula is C22H32N4O6S. The van der Waals surface area contributed by atoms with E-state index >= 15 is 0 Å². The summed E-state index contributed by atoms with van der Waals surface area (Å²) in [4.78, 5) is 35.2. The lowest BCUT2D eigenvalue weighted by atomic mass is 10.1. The van der Waals surface area contributed by atoms with Crippen LogP contribution in [0.15, 0.2) is 18.2 Å². The number of thiazole rings is 1. The van der Waals surface area contributed by atoms with Crippen molar-refractivity contribution in [2.45, 2.75) is 64.9 Å². The summed E-state index contributed by atoms with van der Waals surface area (Å²) in [5.74, 6) is 5.22. The normalized spacial score (nSPS) is 15.7. The van der Waals surface area contributed by atoms with Gasteiger partial charge in [0.1, 0.15) is 23.6 Å². The molecule has 1 aromatic heterocycles. The van der Waals surface area contributed by atoms with Crippen molar-refractivity contribution in [1.29, 1.82) is 0 Å². The Labute approximate surface area is 197 Å². The van der Waals surface area contributed by atoms with E-state index < -0.39 is 23.3 Å². The minimum absolute atomic E-state index is 0.0800. The third-order valence-electron chi connectivity index (χ3n) is 4.46. The van der Waals surface area contributed by atoms with Crippen molar-refractivity contribution in [3.8, 4) is 5.75 Å². The van der Waals surface area contributed by atoms with Crippen LogP contribution in [-0.2, 0) is 19.1 Å². The molecule has 0 radical (unpaired) electrons. The molecule has 182 valence electrons. The van der Waals surface area contributed by atoms with E-state index in [0.717, 1.165) is 15.3 Å². The van der Waals surface area contributed by atoms with E-state index in [1.165, 1.54) is 11.3 Å². The van der Waals surface area contributed by atoms with Crippen LogP contribution in [0.2, 0.25) is 0 Å². The molecule has 3 rings (SSSR count). The summed E-state index contributed by atoms with van der Waals surface area (Å²) in [6.45, 7) is 11.9. The molecule has 0 unspecified atom stereocenters. The SMILES string of the molecule is CC(C)(C)OC(=O)[C@H](COc1ccc2nc(NC3CN(C(=O)OC(C)(C)C)C3)sc2c1)ON. The van der Waals surface area contributed by atoms with E-state index in [2.05, 4.69) is 10.3 Å². The molecule has 1 atom stereocenters. The summed E-state index contributed by atoms with van der Waals surface area (Å²) >= 11 is 1.48. The highest BCUT2D eigenvalue weighted by molar-refractivity contribution is 7.22. The minimum Gasteiger partial charge on any atom is -0.490 e. The number of nitrogens with zero attached hydrogens (tertiary/aromatic N) is 2. The number of rotatable bonds is 7. The molecule has 3 N–H and O–H groups in total. The van der Waals surface area contributed by atoms with Crippen LogP contribution < -0.4 is 16.0 Å². The summed E-state index contributed by atoms with van der Waals surface area (Å²) in [6, 6.07) is 5.56. The number of carbonyl (C=O) groups excluding carboxylic acids is 2. The van der Waals surface area contributed by atoms with Gasteiger partial charge in [0.05, 0.1) is 16.3 Å². The van der Waals surface area contributed by atoms with Gasteiger partial charge >= 0.3 is 12.1 Å². The molecule has 33 heavy (non-hydrogen) atoms. The first-order chi connectivity index (χ1) is 15.3. The summed E-state index contributed by atoms with van der Waals surface area (Å²) in [5.41, 5.74) is -0.341. The van der Waals surface area contributed by atoms with E-state index in [0.29, 0.717) is 18.8 Å². The molecular weight excluding hydrogens is 448 g/mol. The predicted molar refractivity (Wildman–Crippen MR) is 125 cm³/mol. The van der Waals surface area contributed by atoms with Gasteiger partial charge in [-0.1, -0.05) is 11.3 Å². The molecule has 1 aromatic carbocycles. The maximum absolute atomic E-state index is 12.1. The summed E-state index contributed by atoms with van der Waals surface area (Å²) in [6.07, 6.45) is -1.34. The number of ether oxygens (including phenoxy) is 3. The second-order valence-corrected chi connectivity index (χ2v) is 10.9. The number of hydrogen-bond donors (Lipinski definition) is 2. The van der Waals surface area contributed by atoms with Crippen LogP contribution >= 0.6 is 11.3 Å². The zero-order chi connectivity index (χ0) is 24.4. The van der Waals surface area contributed by atoms with Gasteiger partial charge in [-0.3, -0.25) is 4.84 Å². The van der Waals surface area contributed by atoms with Crippen LogP contribution in [-0.4, -0.2) is 65.0 Å². The van der Waals surface area contributed by atoms with Gasteiger partial charge in [0.2, 0.25) is 6.10 Å². The number of benzene rings is 1. The lowest BCUT2D eigenvalue weighted by Crippen LogP contribution is -2.57. The average Bonchev–Trinajstić information content (AvgIpc) is 3.03. The average molecular weight is 481 g/mol. The highest BCUT2D eigenvalue weighted by atomic mass is 32.1. The Morgan fingerprint density at radius 1 is 1.18 bits per heavy atom. The predicted octanol–water partition coefficient (Wildman–Crippen LogP) is 3.31. The van der Waals surface area contributed by atoms with Crippen LogP contribution in [0.3, 0.4) is 0 Å². The van der Waals surface area contributed by atoms with E-state index in [4.69, 9.17) is 24.9 Å². The number of hydrogen-bond acceptors (Lipinski definition) is 10. The van der Waals surface area contributed by atoms with Crippen molar-refractivity contribution < 1.29 is 28.6 Å². The molecule has 0 spiro atoms. The Kier molecular flexibility index (Phi) is 7.35. The quantitative estimate of drug-likeness (QED) is 0.453. The van der Waals surface area contributed by atoms with E-state index in [1.54, 1.807) is 31.7 Å². The Morgan fingerprint density at radius 3 is 2.45 bits per heavy atom. The Balaban J connectivity index is 1.53. The molecule has 2 heterocycles. The summed E-state index contributed by atoms with van der Waals surface area (Å²) in [7, 11) is 0. The van der Waals surface area contributed by atoms with E-state index in [9.17, 15) is 9.59 Å². The van der Waals surface area contributed by atoms with E-state index in [-0.39, 0.29) is 18.7 Å². The molecule has 1 saturated heterocycles. The van der Waals surface area contributed by atoms with Gasteiger partial charge in [-0.2, -0.15) is 0 Å². The van der Waals surface area contributed by atoms with Gasteiger partial charge < -0.3 is 24.4 Å². The monoisotopic (exact) mass is 480 g/mol. The van der Waals surface area contributed by atoms with Crippen LogP contribution in [0.5, 0.6) is 5.75 Å². The van der Waals surface area contributed by atoms with Crippen LogP contribution in [0.1, 0.15) is 41.5 Å². The summed E-state index contributed by atoms with van der Waals surface area (Å²) < 4.78 is 17.3. The smallest absolute Gasteiger partial charge is 0.410 e. The first-order valence-corrected chi connectivity index (χ1v) is 11.5. The lowest BCUT2D eigenvalue weighted by Gasteiger charge is -2.39. The molecule has 1 fully saturated rings. The number of nitrogens with one attached hydrogen (secondary N) is 1. The van der Waals surface area contributed by atoms with Gasteiger partial charge in [0, 0.05) is 13.1 Å². The van der Waals surface area contributed by atoms with Gasteiger partial charge in [0.15, 0.2) is 5.13 Å². The number of anilines is 1. The van der Waals surface area contributed by atoms with Crippen molar-refractivity contribution in [2.24, 2.45) is 5.90 Å². The highest BCUT2D eigenvalue weighted by Gasteiger charge is 2.34. The Bertz CT molecular complexity index is 991. The largest absolute Gasteiger partial charge is 0.490 e. The van der Waals surface area contributed by atoms with Gasteiger partial charge in [-0.15, -0.1) is 0 Å². The molecule has 0 saturated carbocycles. The molecule has 2 aromatic rings. The standard InChI is InChI=1S/C22H32N4O6S/c1-21(2,3)30-18(27)16(32-23)12-29-14-7-8-15-17(9-14)33-19(25-15)24-13-10-26(11-13)20(28)31-22(4,5)6/h7-9,13,16H,10-12,23H2,1-6H3,(H,24,25)/t16-/m0/s1. The lowest BCUT2D eigenvalue weighted by molar-refractivity contribution is -0.170.